The lowest BCUT2D eigenvalue weighted by Gasteiger charge is -2.08. The molecule has 0 unspecified atom stereocenters. The fraction of sp³-hybridized carbons (Fsp3) is 0.0769. The van der Waals surface area contributed by atoms with Gasteiger partial charge in [-0.05, 0) is 24.4 Å². The van der Waals surface area contributed by atoms with Crippen LogP contribution in [0.3, 0.4) is 0 Å². The Morgan fingerprint density at radius 3 is 2.70 bits per heavy atom. The Hall–Kier alpha value is -1.73. The highest BCUT2D eigenvalue weighted by molar-refractivity contribution is 7.71. The molecule has 0 amide bonds. The number of rotatable bonds is 1. The highest BCUT2D eigenvalue weighted by atomic mass is 32.1. The van der Waals surface area contributed by atoms with Gasteiger partial charge in [0.2, 0.25) is 0 Å². The maximum absolute atomic E-state index is 12.8. The van der Waals surface area contributed by atoms with Gasteiger partial charge in [-0.15, -0.1) is 11.3 Å². The van der Waals surface area contributed by atoms with E-state index >= 15 is 0 Å². The Morgan fingerprint density at radius 2 is 1.95 bits per heavy atom. The summed E-state index contributed by atoms with van der Waals surface area (Å²) in [6, 6.07) is 8.49. The average molecular weight is 312 g/mol. The van der Waals surface area contributed by atoms with Crippen molar-refractivity contribution in [3.63, 3.8) is 0 Å². The lowest BCUT2D eigenvalue weighted by atomic mass is 10.1. The third-order valence-electron chi connectivity index (χ3n) is 2.81. The number of nitrogens with zero attached hydrogens (tertiary/aromatic N) is 1. The molecule has 20 heavy (non-hydrogen) atoms. The summed E-state index contributed by atoms with van der Waals surface area (Å²) in [7, 11) is 0. The Bertz CT molecular complexity index is 833. The zero-order valence-corrected chi connectivity index (χ0v) is 11.5. The summed E-state index contributed by atoms with van der Waals surface area (Å²) in [5.41, 5.74) is 0.0116. The molecule has 0 fully saturated rings. The van der Waals surface area contributed by atoms with Crippen LogP contribution < -0.4 is 0 Å². The molecule has 3 rings (SSSR count). The number of aromatic nitrogens is 2. The van der Waals surface area contributed by atoms with E-state index in [4.69, 9.17) is 12.2 Å². The molecule has 0 saturated carbocycles. The number of benzene rings is 1. The van der Waals surface area contributed by atoms with Gasteiger partial charge >= 0.3 is 6.18 Å². The van der Waals surface area contributed by atoms with Crippen molar-refractivity contribution in [2.45, 2.75) is 6.18 Å². The topological polar surface area (TPSA) is 28.7 Å². The molecule has 2 heterocycles. The molecule has 3 aromatic rings. The first-order valence-electron chi connectivity index (χ1n) is 5.60. The minimum absolute atomic E-state index is 0.176. The van der Waals surface area contributed by atoms with Crippen molar-refractivity contribution < 1.29 is 13.2 Å². The van der Waals surface area contributed by atoms with Crippen molar-refractivity contribution in [3.8, 4) is 11.3 Å². The van der Waals surface area contributed by atoms with Gasteiger partial charge in [0.1, 0.15) is 5.69 Å². The van der Waals surface area contributed by atoms with Crippen molar-refractivity contribution in [2.75, 3.05) is 0 Å². The summed E-state index contributed by atoms with van der Waals surface area (Å²) in [5, 5.41) is 2.67. The molecule has 2 nitrogen and oxygen atoms in total. The number of thiophene rings is 1. The van der Waals surface area contributed by atoms with Crippen LogP contribution in [0.1, 0.15) is 5.69 Å². The minimum Gasteiger partial charge on any atom is -0.327 e. The second-order valence-corrected chi connectivity index (χ2v) is 5.43. The quantitative estimate of drug-likeness (QED) is 0.638. The van der Waals surface area contributed by atoms with E-state index in [1.807, 2.05) is 24.3 Å². The number of H-pyrrole nitrogens is 1. The van der Waals surface area contributed by atoms with Crippen molar-refractivity contribution in [1.82, 2.24) is 9.97 Å². The molecule has 0 radical (unpaired) electrons. The van der Waals surface area contributed by atoms with Gasteiger partial charge < -0.3 is 4.98 Å². The third-order valence-corrected chi connectivity index (χ3v) is 3.96. The molecule has 2 aromatic heterocycles. The first kappa shape index (κ1) is 13.3. The molecule has 0 spiro atoms. The van der Waals surface area contributed by atoms with Crippen LogP contribution >= 0.6 is 23.6 Å². The van der Waals surface area contributed by atoms with Crippen molar-refractivity contribution in [1.29, 1.82) is 0 Å². The van der Waals surface area contributed by atoms with E-state index in [2.05, 4.69) is 9.97 Å². The molecule has 1 N–H and O–H groups in total. The Morgan fingerprint density at radius 1 is 1.20 bits per heavy atom. The second kappa shape index (κ2) is 4.68. The largest absolute Gasteiger partial charge is 0.431 e. The van der Waals surface area contributed by atoms with Gasteiger partial charge in [0.25, 0.3) is 0 Å². The molecule has 0 aliphatic carbocycles. The SMILES string of the molecule is FC(F)(F)c1cc(-c2csc3ccccc23)nc(=S)[nH]1. The van der Waals surface area contributed by atoms with E-state index in [0.717, 1.165) is 16.2 Å². The fourth-order valence-electron chi connectivity index (χ4n) is 1.92. The third kappa shape index (κ3) is 2.34. The number of hydrogen-bond acceptors (Lipinski definition) is 3. The van der Waals surface area contributed by atoms with Gasteiger partial charge in [-0.1, -0.05) is 18.2 Å². The zero-order valence-electron chi connectivity index (χ0n) is 9.86. The van der Waals surface area contributed by atoms with Gasteiger partial charge in [0.15, 0.2) is 4.77 Å². The van der Waals surface area contributed by atoms with Crippen LogP contribution in [-0.2, 0) is 6.18 Å². The number of fused-ring (bicyclic) bond motifs is 1. The molecule has 0 saturated heterocycles. The monoisotopic (exact) mass is 312 g/mol. The lowest BCUT2D eigenvalue weighted by molar-refractivity contribution is -0.141. The first-order valence-corrected chi connectivity index (χ1v) is 6.89. The first-order chi connectivity index (χ1) is 9.45. The van der Waals surface area contributed by atoms with E-state index in [-0.39, 0.29) is 10.5 Å². The van der Waals surface area contributed by atoms with E-state index < -0.39 is 11.9 Å². The van der Waals surface area contributed by atoms with Gasteiger partial charge in [0.05, 0.1) is 5.69 Å². The van der Waals surface area contributed by atoms with Crippen molar-refractivity contribution in [2.24, 2.45) is 0 Å². The second-order valence-electron chi connectivity index (χ2n) is 4.13. The van der Waals surface area contributed by atoms with Crippen LogP contribution in [0.5, 0.6) is 0 Å². The van der Waals surface area contributed by atoms with Gasteiger partial charge in [-0.25, -0.2) is 4.98 Å². The van der Waals surface area contributed by atoms with Gasteiger partial charge in [0, 0.05) is 21.0 Å². The van der Waals surface area contributed by atoms with Crippen molar-refractivity contribution >= 4 is 33.6 Å². The summed E-state index contributed by atoms with van der Waals surface area (Å²) >= 11 is 6.25. The van der Waals surface area contributed by atoms with Crippen LogP contribution in [-0.4, -0.2) is 9.97 Å². The summed E-state index contributed by atoms with van der Waals surface area (Å²) in [6.07, 6.45) is -4.48. The predicted octanol–water partition coefficient (Wildman–Crippen LogP) is 5.04. The molecule has 0 bridgehead atoms. The molecular formula is C13H7F3N2S2. The van der Waals surface area contributed by atoms with Crippen LogP contribution in [0, 0.1) is 4.77 Å². The Kier molecular flexibility index (Phi) is 3.10. The standard InChI is InChI=1S/C13H7F3N2S2/c14-13(15,16)11-5-9(17-12(19)18-11)8-6-20-10-4-2-1-3-7(8)10/h1-6H,(H,17,18,19). The summed E-state index contributed by atoms with van der Waals surface area (Å²) in [4.78, 5) is 6.09. The molecule has 0 aliphatic rings. The van der Waals surface area contributed by atoms with Crippen LogP contribution in [0.2, 0.25) is 0 Å². The van der Waals surface area contributed by atoms with Crippen LogP contribution in [0.4, 0.5) is 13.2 Å². The smallest absolute Gasteiger partial charge is 0.327 e. The number of alkyl halides is 3. The lowest BCUT2D eigenvalue weighted by Crippen LogP contribution is -2.09. The molecule has 0 aliphatic heterocycles. The van der Waals surface area contributed by atoms with Crippen molar-refractivity contribution in [3.05, 3.63) is 46.2 Å². The number of nitrogens with one attached hydrogen (secondary N) is 1. The number of aromatic amines is 1. The summed E-state index contributed by atoms with van der Waals surface area (Å²) in [5.74, 6) is 0. The van der Waals surface area contributed by atoms with E-state index in [1.165, 1.54) is 11.3 Å². The molecule has 0 atom stereocenters. The highest BCUT2D eigenvalue weighted by Gasteiger charge is 2.32. The summed E-state index contributed by atoms with van der Waals surface area (Å²) < 4.78 is 39.2. The van der Waals surface area contributed by atoms with Gasteiger partial charge in [-0.3, -0.25) is 0 Å². The Balaban J connectivity index is 2.25. The van der Waals surface area contributed by atoms with E-state index in [1.54, 1.807) is 5.38 Å². The predicted molar refractivity (Wildman–Crippen MR) is 75.2 cm³/mol. The average Bonchev–Trinajstić information content (AvgIpc) is 2.80. The minimum atomic E-state index is -4.48. The molecule has 1 aromatic carbocycles. The molecule has 102 valence electrons. The van der Waals surface area contributed by atoms with E-state index in [9.17, 15) is 13.2 Å². The maximum Gasteiger partial charge on any atom is 0.431 e. The zero-order chi connectivity index (χ0) is 14.3. The van der Waals surface area contributed by atoms with Crippen LogP contribution in [0.15, 0.2) is 35.7 Å². The highest BCUT2D eigenvalue weighted by Crippen LogP contribution is 2.35. The molecular weight excluding hydrogens is 305 g/mol. The van der Waals surface area contributed by atoms with E-state index in [0.29, 0.717) is 5.56 Å². The maximum atomic E-state index is 12.8. The normalized spacial score (nSPS) is 11.9. The van der Waals surface area contributed by atoms with Crippen LogP contribution in [0.25, 0.3) is 21.3 Å². The van der Waals surface area contributed by atoms with Gasteiger partial charge in [-0.2, -0.15) is 13.2 Å². The number of hydrogen-bond donors (Lipinski definition) is 1. The fourth-order valence-corrected chi connectivity index (χ4v) is 3.09. The Labute approximate surface area is 120 Å². The number of halogens is 3. The summed E-state index contributed by atoms with van der Waals surface area (Å²) in [6.45, 7) is 0. The molecule has 7 heteroatoms.